The summed E-state index contributed by atoms with van der Waals surface area (Å²) in [5.41, 5.74) is 5.00. The summed E-state index contributed by atoms with van der Waals surface area (Å²) in [6.07, 6.45) is 1.35. The Morgan fingerprint density at radius 2 is 2.13 bits per heavy atom. The highest BCUT2D eigenvalue weighted by Crippen LogP contribution is 2.20. The predicted octanol–water partition coefficient (Wildman–Crippen LogP) is -0.133. The van der Waals surface area contributed by atoms with E-state index in [0.717, 1.165) is 0 Å². The van der Waals surface area contributed by atoms with E-state index >= 15 is 0 Å². The van der Waals surface area contributed by atoms with Crippen molar-refractivity contribution in [3.63, 3.8) is 0 Å². The number of aliphatic hydroxyl groups is 2. The molecule has 0 atom stereocenters. The van der Waals surface area contributed by atoms with Gasteiger partial charge in [-0.15, -0.1) is 0 Å². The highest BCUT2D eigenvalue weighted by Gasteiger charge is 2.23. The van der Waals surface area contributed by atoms with E-state index in [0.29, 0.717) is 11.5 Å². The van der Waals surface area contributed by atoms with Gasteiger partial charge in [-0.3, -0.25) is 0 Å². The van der Waals surface area contributed by atoms with Gasteiger partial charge in [0, 0.05) is 0 Å². The third kappa shape index (κ3) is 2.92. The topological polar surface area (TPSA) is 104 Å². The number of nitrogen functional groups attached to an aromatic ring is 1. The molecule has 0 saturated heterocycles. The van der Waals surface area contributed by atoms with Crippen LogP contribution in [-0.4, -0.2) is 38.9 Å². The fourth-order valence-electron chi connectivity index (χ4n) is 0.885. The Kier molecular flexibility index (Phi) is 3.67. The Morgan fingerprint density at radius 1 is 1.53 bits per heavy atom. The molecular weight excluding hydrogens is 220 g/mol. The summed E-state index contributed by atoms with van der Waals surface area (Å²) in [5.74, 6) is 0.292. The van der Waals surface area contributed by atoms with Crippen molar-refractivity contribution in [2.75, 3.05) is 24.3 Å². The number of nitrogens with two attached hydrogens (primary N) is 1. The molecule has 6 nitrogen and oxygen atoms in total. The molecule has 1 rings (SSSR count). The summed E-state index contributed by atoms with van der Waals surface area (Å²) < 4.78 is 0. The van der Waals surface area contributed by atoms with E-state index in [1.54, 1.807) is 6.92 Å². The van der Waals surface area contributed by atoms with Gasteiger partial charge in [0.15, 0.2) is 5.82 Å². The summed E-state index contributed by atoms with van der Waals surface area (Å²) in [6.45, 7) is 1.11. The molecular formula is C8H13ClN4O2. The fourth-order valence-corrected chi connectivity index (χ4v) is 1.02. The van der Waals surface area contributed by atoms with Crippen LogP contribution in [0.3, 0.4) is 0 Å². The zero-order valence-electron chi connectivity index (χ0n) is 8.24. The predicted molar refractivity (Wildman–Crippen MR) is 57.7 cm³/mol. The quantitative estimate of drug-likeness (QED) is 0.539. The van der Waals surface area contributed by atoms with Crippen molar-refractivity contribution in [2.45, 2.75) is 12.5 Å². The fraction of sp³-hybridized carbons (Fsp3) is 0.500. The van der Waals surface area contributed by atoms with E-state index in [2.05, 4.69) is 15.3 Å². The summed E-state index contributed by atoms with van der Waals surface area (Å²) in [7, 11) is 0. The molecule has 0 radical (unpaired) electrons. The first kappa shape index (κ1) is 12.0. The lowest BCUT2D eigenvalue weighted by Crippen LogP contribution is -2.43. The number of aromatic nitrogens is 2. The number of aliphatic hydroxyl groups excluding tert-OH is 2. The SMILES string of the molecule is CC(CO)(CO)Nc1nc(Cl)ncc1N. The molecule has 0 amide bonds. The molecule has 0 unspecified atom stereocenters. The third-order valence-electron chi connectivity index (χ3n) is 1.91. The molecule has 0 aliphatic rings. The lowest BCUT2D eigenvalue weighted by molar-refractivity contribution is 0.147. The van der Waals surface area contributed by atoms with E-state index in [1.807, 2.05) is 0 Å². The minimum atomic E-state index is -0.897. The second kappa shape index (κ2) is 4.61. The molecule has 1 aromatic rings. The number of hydrogen-bond donors (Lipinski definition) is 4. The molecule has 0 spiro atoms. The molecule has 0 fully saturated rings. The lowest BCUT2D eigenvalue weighted by Gasteiger charge is -2.27. The average Bonchev–Trinajstić information content (AvgIpc) is 2.23. The first-order valence-corrected chi connectivity index (χ1v) is 4.66. The molecule has 0 aliphatic heterocycles. The molecule has 1 aromatic heterocycles. The monoisotopic (exact) mass is 232 g/mol. The van der Waals surface area contributed by atoms with Crippen LogP contribution in [0.5, 0.6) is 0 Å². The van der Waals surface area contributed by atoms with Crippen LogP contribution in [0.4, 0.5) is 11.5 Å². The molecule has 0 bridgehead atoms. The Balaban J connectivity index is 2.92. The Labute approximate surface area is 92.1 Å². The second-order valence-corrected chi connectivity index (χ2v) is 3.78. The molecule has 0 saturated carbocycles. The average molecular weight is 233 g/mol. The summed E-state index contributed by atoms with van der Waals surface area (Å²) in [5, 5.41) is 21.0. The van der Waals surface area contributed by atoms with Crippen LogP contribution in [0.2, 0.25) is 5.28 Å². The van der Waals surface area contributed by atoms with Crippen LogP contribution in [0.25, 0.3) is 0 Å². The Bertz CT molecular complexity index is 343. The standard InChI is InChI=1S/C8H13ClN4O2/c1-8(3-14,4-15)13-6-5(10)2-11-7(9)12-6/h2,14-15H,3-4,10H2,1H3,(H,11,12,13). The largest absolute Gasteiger partial charge is 0.394 e. The molecule has 0 aromatic carbocycles. The van der Waals surface area contributed by atoms with E-state index in [1.165, 1.54) is 6.20 Å². The molecule has 15 heavy (non-hydrogen) atoms. The van der Waals surface area contributed by atoms with Gasteiger partial charge in [-0.25, -0.2) is 4.98 Å². The first-order valence-electron chi connectivity index (χ1n) is 4.28. The van der Waals surface area contributed by atoms with Crippen molar-refractivity contribution in [3.05, 3.63) is 11.5 Å². The van der Waals surface area contributed by atoms with Crippen LogP contribution >= 0.6 is 11.6 Å². The maximum absolute atomic E-state index is 9.07. The lowest BCUT2D eigenvalue weighted by atomic mass is 10.1. The van der Waals surface area contributed by atoms with Gasteiger partial charge in [0.2, 0.25) is 5.28 Å². The van der Waals surface area contributed by atoms with Crippen molar-refractivity contribution in [3.8, 4) is 0 Å². The number of rotatable bonds is 4. The Morgan fingerprint density at radius 3 is 2.67 bits per heavy atom. The van der Waals surface area contributed by atoms with Crippen molar-refractivity contribution >= 4 is 23.1 Å². The maximum atomic E-state index is 9.07. The van der Waals surface area contributed by atoms with Crippen molar-refractivity contribution in [1.29, 1.82) is 0 Å². The van der Waals surface area contributed by atoms with E-state index in [9.17, 15) is 0 Å². The van der Waals surface area contributed by atoms with E-state index in [4.69, 9.17) is 27.5 Å². The number of anilines is 2. The smallest absolute Gasteiger partial charge is 0.224 e. The highest BCUT2D eigenvalue weighted by atomic mass is 35.5. The van der Waals surface area contributed by atoms with Gasteiger partial charge >= 0.3 is 0 Å². The first-order chi connectivity index (χ1) is 7.00. The summed E-state index contributed by atoms with van der Waals surface area (Å²) in [4.78, 5) is 7.53. The summed E-state index contributed by atoms with van der Waals surface area (Å²) in [6, 6.07) is 0. The van der Waals surface area contributed by atoms with Crippen molar-refractivity contribution in [1.82, 2.24) is 9.97 Å². The van der Waals surface area contributed by atoms with Crippen LogP contribution in [0.15, 0.2) is 6.20 Å². The second-order valence-electron chi connectivity index (χ2n) is 3.44. The van der Waals surface area contributed by atoms with Crippen LogP contribution < -0.4 is 11.1 Å². The molecule has 5 N–H and O–H groups in total. The molecule has 84 valence electrons. The minimum absolute atomic E-state index is 0.0462. The zero-order valence-corrected chi connectivity index (χ0v) is 8.99. The highest BCUT2D eigenvalue weighted by molar-refractivity contribution is 6.28. The normalized spacial score (nSPS) is 11.5. The van der Waals surface area contributed by atoms with Crippen molar-refractivity contribution in [2.24, 2.45) is 0 Å². The summed E-state index contributed by atoms with van der Waals surface area (Å²) >= 11 is 5.59. The zero-order chi connectivity index (χ0) is 11.5. The molecule has 7 heteroatoms. The number of hydrogen-bond acceptors (Lipinski definition) is 6. The van der Waals surface area contributed by atoms with Gasteiger partial charge < -0.3 is 21.3 Å². The van der Waals surface area contributed by atoms with Gasteiger partial charge in [0.25, 0.3) is 0 Å². The van der Waals surface area contributed by atoms with Gasteiger partial charge in [-0.1, -0.05) is 0 Å². The minimum Gasteiger partial charge on any atom is -0.394 e. The van der Waals surface area contributed by atoms with Crippen LogP contribution in [-0.2, 0) is 0 Å². The van der Waals surface area contributed by atoms with Gasteiger partial charge in [-0.2, -0.15) is 4.98 Å². The van der Waals surface area contributed by atoms with Crippen LogP contribution in [0.1, 0.15) is 6.92 Å². The van der Waals surface area contributed by atoms with E-state index < -0.39 is 5.54 Å². The van der Waals surface area contributed by atoms with Gasteiger partial charge in [0.1, 0.15) is 0 Å². The van der Waals surface area contributed by atoms with E-state index in [-0.39, 0.29) is 18.5 Å². The molecule has 1 heterocycles. The molecule has 0 aliphatic carbocycles. The Hall–Kier alpha value is -1.11. The number of halogens is 1. The maximum Gasteiger partial charge on any atom is 0.224 e. The van der Waals surface area contributed by atoms with Gasteiger partial charge in [-0.05, 0) is 18.5 Å². The number of nitrogens with one attached hydrogen (secondary N) is 1. The van der Waals surface area contributed by atoms with Crippen LogP contribution in [0, 0.1) is 0 Å². The number of nitrogens with zero attached hydrogens (tertiary/aromatic N) is 2. The van der Waals surface area contributed by atoms with Crippen molar-refractivity contribution < 1.29 is 10.2 Å². The third-order valence-corrected chi connectivity index (χ3v) is 2.09. The van der Waals surface area contributed by atoms with Gasteiger partial charge in [0.05, 0.1) is 30.6 Å².